The molecule has 0 aromatic carbocycles. The number of Topliss-reactive ketones (excluding diaryl/α,β-unsaturated/α-hetero) is 3. The molecule has 0 radical (unpaired) electrons. The minimum absolute atomic E-state index is 0.0203. The molecule has 1 aliphatic heterocycles. The summed E-state index contributed by atoms with van der Waals surface area (Å²) in [5.74, 6) is -1.32. The van der Waals surface area contributed by atoms with Gasteiger partial charge in [0.1, 0.15) is 0 Å². The van der Waals surface area contributed by atoms with Gasteiger partial charge in [-0.05, 0) is 85.0 Å². The number of allylic oxidation sites excluding steroid dienone is 4. The number of ether oxygens (including phenoxy) is 1. The van der Waals surface area contributed by atoms with Crippen LogP contribution in [0.25, 0.3) is 0 Å². The van der Waals surface area contributed by atoms with Gasteiger partial charge in [-0.1, -0.05) is 51.0 Å². The lowest BCUT2D eigenvalue weighted by molar-refractivity contribution is -0.232. The van der Waals surface area contributed by atoms with Gasteiger partial charge in [0.25, 0.3) is 0 Å². The second kappa shape index (κ2) is 8.84. The SMILES string of the molecule is CC(C)=CC[C@@H]1C[C@@]2(CC=C(C)C)C(=O)[C@](C(=O)C(C)C)(C(=O)[C@H]3CCC(C)(C)O[C@@H]32)C1(C)C. The molecule has 0 amide bonds. The molecule has 4 heteroatoms. The molecule has 3 aliphatic rings. The van der Waals surface area contributed by atoms with E-state index in [0.717, 1.165) is 18.4 Å². The molecule has 0 unspecified atom stereocenters. The van der Waals surface area contributed by atoms with Crippen molar-refractivity contribution in [3.8, 4) is 0 Å². The first-order valence-electron chi connectivity index (χ1n) is 13.1. The second-order valence-corrected chi connectivity index (χ2v) is 13.2. The van der Waals surface area contributed by atoms with E-state index >= 15 is 0 Å². The van der Waals surface area contributed by atoms with Crippen LogP contribution in [0.2, 0.25) is 0 Å². The van der Waals surface area contributed by atoms with Crippen molar-refractivity contribution in [3.63, 3.8) is 0 Å². The monoisotopic (exact) mass is 470 g/mol. The maximum absolute atomic E-state index is 14.8. The normalized spacial score (nSPS) is 36.0. The summed E-state index contributed by atoms with van der Waals surface area (Å²) in [6, 6.07) is 0. The van der Waals surface area contributed by atoms with Crippen molar-refractivity contribution in [1.82, 2.24) is 0 Å². The number of hydrogen-bond acceptors (Lipinski definition) is 4. The van der Waals surface area contributed by atoms with Gasteiger partial charge in [-0.2, -0.15) is 0 Å². The summed E-state index contributed by atoms with van der Waals surface area (Å²) < 4.78 is 6.67. The van der Waals surface area contributed by atoms with Crippen LogP contribution in [0, 0.1) is 34.0 Å². The van der Waals surface area contributed by atoms with Gasteiger partial charge in [-0.15, -0.1) is 0 Å². The smallest absolute Gasteiger partial charge is 0.163 e. The maximum atomic E-state index is 14.8. The third-order valence-electron chi connectivity index (χ3n) is 9.09. The Bertz CT molecular complexity index is 925. The third kappa shape index (κ3) is 3.88. The number of carbonyl (C=O) groups is 3. The summed E-state index contributed by atoms with van der Waals surface area (Å²) in [5, 5.41) is 0. The molecule has 2 bridgehead atoms. The predicted octanol–water partition coefficient (Wildman–Crippen LogP) is 6.67. The summed E-state index contributed by atoms with van der Waals surface area (Å²) in [6.07, 6.45) is 7.18. The Hall–Kier alpha value is -1.55. The lowest BCUT2D eigenvalue weighted by Crippen LogP contribution is -2.76. The highest BCUT2D eigenvalue weighted by molar-refractivity contribution is 6.29. The average Bonchev–Trinajstić information content (AvgIpc) is 2.70. The summed E-state index contributed by atoms with van der Waals surface area (Å²) in [7, 11) is 0. The van der Waals surface area contributed by atoms with E-state index in [4.69, 9.17) is 4.74 Å². The quantitative estimate of drug-likeness (QED) is 0.321. The van der Waals surface area contributed by atoms with E-state index in [2.05, 4.69) is 39.8 Å². The number of fused-ring (bicyclic) bond motifs is 4. The molecule has 34 heavy (non-hydrogen) atoms. The Morgan fingerprint density at radius 3 is 2.15 bits per heavy atom. The van der Waals surface area contributed by atoms with Crippen LogP contribution < -0.4 is 0 Å². The highest BCUT2D eigenvalue weighted by Crippen LogP contribution is 2.67. The molecule has 2 saturated carbocycles. The van der Waals surface area contributed by atoms with Gasteiger partial charge in [-0.3, -0.25) is 14.4 Å². The second-order valence-electron chi connectivity index (χ2n) is 13.2. The molecule has 5 atom stereocenters. The topological polar surface area (TPSA) is 60.4 Å². The van der Waals surface area contributed by atoms with E-state index in [0.29, 0.717) is 19.3 Å². The van der Waals surface area contributed by atoms with Crippen molar-refractivity contribution in [1.29, 1.82) is 0 Å². The number of ketones is 3. The van der Waals surface area contributed by atoms with Crippen molar-refractivity contribution in [3.05, 3.63) is 23.3 Å². The van der Waals surface area contributed by atoms with E-state index in [1.165, 1.54) is 5.57 Å². The molecule has 0 N–H and O–H groups in total. The van der Waals surface area contributed by atoms with E-state index in [9.17, 15) is 14.4 Å². The number of carbonyl (C=O) groups excluding carboxylic acids is 3. The number of rotatable bonds is 6. The zero-order chi connectivity index (χ0) is 25.9. The van der Waals surface area contributed by atoms with Crippen molar-refractivity contribution in [2.75, 3.05) is 0 Å². The van der Waals surface area contributed by atoms with Crippen LogP contribution in [0.15, 0.2) is 23.3 Å². The van der Waals surface area contributed by atoms with Crippen molar-refractivity contribution in [2.24, 2.45) is 34.0 Å². The Morgan fingerprint density at radius 1 is 1.03 bits per heavy atom. The fourth-order valence-electron chi connectivity index (χ4n) is 7.04. The van der Waals surface area contributed by atoms with Crippen molar-refractivity contribution < 1.29 is 19.1 Å². The molecule has 3 rings (SSSR count). The highest BCUT2D eigenvalue weighted by Gasteiger charge is 2.78. The molecule has 1 heterocycles. The lowest BCUT2D eigenvalue weighted by atomic mass is 9.36. The van der Waals surface area contributed by atoms with Gasteiger partial charge >= 0.3 is 0 Å². The summed E-state index contributed by atoms with van der Waals surface area (Å²) in [5.41, 5.74) is -1.29. The summed E-state index contributed by atoms with van der Waals surface area (Å²) in [6.45, 7) is 20.0. The first-order chi connectivity index (χ1) is 15.5. The largest absolute Gasteiger partial charge is 0.371 e. The van der Waals surface area contributed by atoms with Crippen LogP contribution in [-0.4, -0.2) is 29.1 Å². The molecule has 4 nitrogen and oxygen atoms in total. The molecule has 0 spiro atoms. The Kier molecular flexibility index (Phi) is 7.03. The lowest BCUT2D eigenvalue weighted by Gasteiger charge is -2.65. The zero-order valence-electron chi connectivity index (χ0n) is 23.1. The van der Waals surface area contributed by atoms with Gasteiger partial charge in [0.05, 0.1) is 17.1 Å². The predicted molar refractivity (Wildman–Crippen MR) is 136 cm³/mol. The van der Waals surface area contributed by atoms with Gasteiger partial charge < -0.3 is 4.74 Å². The van der Waals surface area contributed by atoms with Gasteiger partial charge in [0.2, 0.25) is 0 Å². The van der Waals surface area contributed by atoms with Crippen molar-refractivity contribution >= 4 is 17.3 Å². The van der Waals surface area contributed by atoms with Crippen LogP contribution in [0.1, 0.15) is 101 Å². The first-order valence-corrected chi connectivity index (χ1v) is 13.1. The zero-order valence-corrected chi connectivity index (χ0v) is 23.1. The number of hydrogen-bond donors (Lipinski definition) is 0. The fraction of sp³-hybridized carbons (Fsp3) is 0.767. The van der Waals surface area contributed by atoms with Gasteiger partial charge in [0.15, 0.2) is 22.8 Å². The Labute approximate surface area is 207 Å². The van der Waals surface area contributed by atoms with Gasteiger partial charge in [-0.25, -0.2) is 0 Å². The van der Waals surface area contributed by atoms with Crippen LogP contribution in [-0.2, 0) is 19.1 Å². The van der Waals surface area contributed by atoms with Crippen LogP contribution in [0.4, 0.5) is 0 Å². The van der Waals surface area contributed by atoms with E-state index in [1.54, 1.807) is 0 Å². The third-order valence-corrected chi connectivity index (χ3v) is 9.09. The molecule has 0 aromatic rings. The highest BCUT2D eigenvalue weighted by atomic mass is 16.5. The van der Waals surface area contributed by atoms with E-state index in [-0.39, 0.29) is 23.3 Å². The molecule has 190 valence electrons. The van der Waals surface area contributed by atoms with E-state index in [1.807, 2.05) is 41.5 Å². The first kappa shape index (κ1) is 27.0. The van der Waals surface area contributed by atoms with Crippen LogP contribution in [0.3, 0.4) is 0 Å². The minimum Gasteiger partial charge on any atom is -0.371 e. The Balaban J connectivity index is 2.35. The Morgan fingerprint density at radius 2 is 1.62 bits per heavy atom. The van der Waals surface area contributed by atoms with Gasteiger partial charge in [0, 0.05) is 11.8 Å². The molecule has 3 fully saturated rings. The summed E-state index contributed by atoms with van der Waals surface area (Å²) >= 11 is 0. The minimum atomic E-state index is -1.61. The standard InChI is InChI=1S/C30H46O4/c1-18(2)11-12-21-17-29(16-13-19(3)4)25-22(14-15-27(7,8)34-25)24(32)30(26(29)33,28(21,9)10)23(31)20(5)6/h11,13,20-22,25H,12,14-17H2,1-10H3/t21-,22-,25+,29-,30+/m1/s1. The van der Waals surface area contributed by atoms with Crippen LogP contribution in [0.5, 0.6) is 0 Å². The van der Waals surface area contributed by atoms with Crippen LogP contribution >= 0.6 is 0 Å². The van der Waals surface area contributed by atoms with E-state index < -0.39 is 39.8 Å². The summed E-state index contributed by atoms with van der Waals surface area (Å²) in [4.78, 5) is 43.4. The average molecular weight is 471 g/mol. The fourth-order valence-corrected chi connectivity index (χ4v) is 7.04. The molecular weight excluding hydrogens is 424 g/mol. The molecule has 2 aliphatic carbocycles. The molecule has 1 saturated heterocycles. The van der Waals surface area contributed by atoms with Crippen molar-refractivity contribution in [2.45, 2.75) is 113 Å². The molecular formula is C30H46O4. The maximum Gasteiger partial charge on any atom is 0.163 e. The molecule has 0 aromatic heterocycles.